The van der Waals surface area contributed by atoms with Gasteiger partial charge >= 0.3 is 0 Å². The molecule has 0 bridgehead atoms. The van der Waals surface area contributed by atoms with Crippen molar-refractivity contribution in [1.29, 1.82) is 0 Å². The highest BCUT2D eigenvalue weighted by Gasteiger charge is 2.34. The molecular formula is C6H7BrN4. The van der Waals surface area contributed by atoms with Gasteiger partial charge in [-0.25, -0.2) is 0 Å². The smallest absolute Gasteiger partial charge is 0.207 e. The minimum Gasteiger partial charge on any atom is -0.267 e. The molecule has 0 aliphatic carbocycles. The van der Waals surface area contributed by atoms with E-state index >= 15 is 0 Å². The van der Waals surface area contributed by atoms with Gasteiger partial charge in [0.2, 0.25) is 5.66 Å². The second-order valence-corrected chi connectivity index (χ2v) is 3.69. The SMILES string of the molecule is CC1(Cn2cc(Br)cn2)N=N1. The molecule has 0 N–H and O–H groups in total. The molecule has 1 aliphatic rings. The van der Waals surface area contributed by atoms with Gasteiger partial charge in [-0.3, -0.25) is 4.68 Å². The summed E-state index contributed by atoms with van der Waals surface area (Å²) in [5, 5.41) is 11.9. The third kappa shape index (κ3) is 1.48. The van der Waals surface area contributed by atoms with Crippen molar-refractivity contribution >= 4 is 15.9 Å². The summed E-state index contributed by atoms with van der Waals surface area (Å²) in [7, 11) is 0. The van der Waals surface area contributed by atoms with Gasteiger partial charge in [0.05, 0.1) is 17.2 Å². The Hall–Kier alpha value is -0.710. The second-order valence-electron chi connectivity index (χ2n) is 2.77. The van der Waals surface area contributed by atoms with Gasteiger partial charge in [0, 0.05) is 6.20 Å². The van der Waals surface area contributed by atoms with E-state index in [0.717, 1.165) is 11.0 Å². The standard InChI is InChI=1S/C6H7BrN4/c1-6(9-10-6)4-11-3-5(7)2-8-11/h2-3H,4H2,1H3. The van der Waals surface area contributed by atoms with Gasteiger partial charge in [-0.15, -0.1) is 0 Å². The van der Waals surface area contributed by atoms with E-state index in [-0.39, 0.29) is 5.66 Å². The molecule has 0 amide bonds. The summed E-state index contributed by atoms with van der Waals surface area (Å²) in [6, 6.07) is 0. The monoisotopic (exact) mass is 214 g/mol. The summed E-state index contributed by atoms with van der Waals surface area (Å²) in [5.41, 5.74) is -0.203. The summed E-state index contributed by atoms with van der Waals surface area (Å²) in [6.07, 6.45) is 3.67. The first kappa shape index (κ1) is 6.97. The molecule has 2 heterocycles. The van der Waals surface area contributed by atoms with Crippen molar-refractivity contribution in [2.45, 2.75) is 19.1 Å². The predicted molar refractivity (Wildman–Crippen MR) is 43.2 cm³/mol. The molecule has 4 nitrogen and oxygen atoms in total. The lowest BCUT2D eigenvalue weighted by atomic mass is 10.3. The Labute approximate surface area is 72.4 Å². The first-order valence-electron chi connectivity index (χ1n) is 3.30. The number of nitrogens with zero attached hydrogens (tertiary/aromatic N) is 4. The van der Waals surface area contributed by atoms with Gasteiger partial charge < -0.3 is 0 Å². The molecule has 5 heteroatoms. The van der Waals surface area contributed by atoms with E-state index in [9.17, 15) is 0 Å². The van der Waals surface area contributed by atoms with E-state index < -0.39 is 0 Å². The van der Waals surface area contributed by atoms with Crippen molar-refractivity contribution < 1.29 is 0 Å². The average Bonchev–Trinajstić information content (AvgIpc) is 2.49. The van der Waals surface area contributed by atoms with Crippen LogP contribution in [0.15, 0.2) is 27.1 Å². The fourth-order valence-corrected chi connectivity index (χ4v) is 1.21. The summed E-state index contributed by atoms with van der Waals surface area (Å²) < 4.78 is 2.81. The van der Waals surface area contributed by atoms with Gasteiger partial charge in [-0.05, 0) is 22.9 Å². The molecule has 58 valence electrons. The van der Waals surface area contributed by atoms with Gasteiger partial charge in [-0.1, -0.05) is 0 Å². The number of aromatic nitrogens is 2. The van der Waals surface area contributed by atoms with Gasteiger partial charge in [-0.2, -0.15) is 15.3 Å². The Balaban J connectivity index is 2.07. The first-order chi connectivity index (χ1) is 5.18. The van der Waals surface area contributed by atoms with Crippen LogP contribution in [-0.4, -0.2) is 15.4 Å². The first-order valence-corrected chi connectivity index (χ1v) is 4.09. The van der Waals surface area contributed by atoms with Crippen molar-refractivity contribution in [2.75, 3.05) is 0 Å². The van der Waals surface area contributed by atoms with Crippen LogP contribution in [0.4, 0.5) is 0 Å². The summed E-state index contributed by atoms with van der Waals surface area (Å²) in [6.45, 7) is 2.71. The Morgan fingerprint density at radius 2 is 2.36 bits per heavy atom. The van der Waals surface area contributed by atoms with Crippen LogP contribution in [-0.2, 0) is 6.54 Å². The van der Waals surface area contributed by atoms with Crippen LogP contribution in [0.1, 0.15) is 6.92 Å². The number of hydrogen-bond acceptors (Lipinski definition) is 3. The van der Waals surface area contributed by atoms with Gasteiger partial charge in [0.15, 0.2) is 0 Å². The van der Waals surface area contributed by atoms with E-state index in [4.69, 9.17) is 0 Å². The number of hydrogen-bond donors (Lipinski definition) is 0. The lowest BCUT2D eigenvalue weighted by molar-refractivity contribution is 0.493. The molecule has 0 saturated carbocycles. The molecule has 0 fully saturated rings. The zero-order chi connectivity index (χ0) is 7.90. The third-order valence-corrected chi connectivity index (χ3v) is 1.91. The maximum atomic E-state index is 4.09. The van der Waals surface area contributed by atoms with Crippen molar-refractivity contribution in [3.8, 4) is 0 Å². The van der Waals surface area contributed by atoms with Crippen LogP contribution in [0.2, 0.25) is 0 Å². The van der Waals surface area contributed by atoms with E-state index in [1.54, 1.807) is 6.20 Å². The van der Waals surface area contributed by atoms with Crippen molar-refractivity contribution in [1.82, 2.24) is 9.78 Å². The zero-order valence-corrected chi connectivity index (χ0v) is 7.61. The van der Waals surface area contributed by atoms with Crippen LogP contribution >= 0.6 is 15.9 Å². The number of rotatable bonds is 2. The highest BCUT2D eigenvalue weighted by atomic mass is 79.9. The van der Waals surface area contributed by atoms with Crippen LogP contribution in [0.3, 0.4) is 0 Å². The minimum atomic E-state index is -0.203. The minimum absolute atomic E-state index is 0.203. The van der Waals surface area contributed by atoms with Crippen LogP contribution < -0.4 is 0 Å². The third-order valence-electron chi connectivity index (χ3n) is 1.50. The zero-order valence-electron chi connectivity index (χ0n) is 6.03. The summed E-state index contributed by atoms with van der Waals surface area (Å²) in [5.74, 6) is 0. The molecular weight excluding hydrogens is 208 g/mol. The van der Waals surface area contributed by atoms with Crippen molar-refractivity contribution in [3.05, 3.63) is 16.9 Å². The molecule has 1 aromatic rings. The molecule has 1 aliphatic heterocycles. The van der Waals surface area contributed by atoms with Gasteiger partial charge in [0.25, 0.3) is 0 Å². The Kier molecular flexibility index (Phi) is 1.35. The van der Waals surface area contributed by atoms with E-state index in [1.807, 2.05) is 17.8 Å². The second kappa shape index (κ2) is 2.14. The summed E-state index contributed by atoms with van der Waals surface area (Å²) in [4.78, 5) is 0. The molecule has 0 atom stereocenters. The molecule has 0 aromatic carbocycles. The molecule has 0 unspecified atom stereocenters. The van der Waals surface area contributed by atoms with Crippen molar-refractivity contribution in [2.24, 2.45) is 10.2 Å². The molecule has 1 aromatic heterocycles. The quantitative estimate of drug-likeness (QED) is 0.741. The fraction of sp³-hybridized carbons (Fsp3) is 0.500. The average molecular weight is 215 g/mol. The normalized spacial score (nSPS) is 18.7. The molecule has 2 rings (SSSR count). The van der Waals surface area contributed by atoms with E-state index in [1.165, 1.54) is 0 Å². The largest absolute Gasteiger partial charge is 0.267 e. The van der Waals surface area contributed by atoms with E-state index in [0.29, 0.717) is 0 Å². The predicted octanol–water partition coefficient (Wildman–Crippen LogP) is 1.83. The van der Waals surface area contributed by atoms with Crippen LogP contribution in [0, 0.1) is 0 Å². The highest BCUT2D eigenvalue weighted by molar-refractivity contribution is 9.10. The van der Waals surface area contributed by atoms with Gasteiger partial charge in [0.1, 0.15) is 0 Å². The topological polar surface area (TPSA) is 42.5 Å². The molecule has 0 spiro atoms. The van der Waals surface area contributed by atoms with Crippen molar-refractivity contribution in [3.63, 3.8) is 0 Å². The fourth-order valence-electron chi connectivity index (χ4n) is 0.880. The van der Waals surface area contributed by atoms with Crippen LogP contribution in [0.25, 0.3) is 0 Å². The van der Waals surface area contributed by atoms with E-state index in [2.05, 4.69) is 31.3 Å². The molecule has 0 radical (unpaired) electrons. The summed E-state index contributed by atoms with van der Waals surface area (Å²) >= 11 is 3.32. The lowest BCUT2D eigenvalue weighted by Crippen LogP contribution is -2.15. The number of halogens is 1. The maximum Gasteiger partial charge on any atom is 0.207 e. The highest BCUT2D eigenvalue weighted by Crippen LogP contribution is 2.28. The Morgan fingerprint density at radius 1 is 1.64 bits per heavy atom. The Bertz CT molecular complexity index is 297. The van der Waals surface area contributed by atoms with Crippen LogP contribution in [0.5, 0.6) is 0 Å². The lowest BCUT2D eigenvalue weighted by Gasteiger charge is -2.01. The molecule has 0 saturated heterocycles. The Morgan fingerprint density at radius 3 is 2.82 bits per heavy atom. The molecule has 11 heavy (non-hydrogen) atoms. The maximum absolute atomic E-state index is 4.09.